The highest BCUT2D eigenvalue weighted by molar-refractivity contribution is 4.91. The van der Waals surface area contributed by atoms with Crippen molar-refractivity contribution < 1.29 is 9.13 Å². The van der Waals surface area contributed by atoms with Gasteiger partial charge in [0, 0.05) is 19.3 Å². The molecule has 100 valence electrons. The van der Waals surface area contributed by atoms with E-state index >= 15 is 0 Å². The lowest BCUT2D eigenvalue weighted by molar-refractivity contribution is 0.0623. The number of unbranched alkanes of at least 4 members (excludes halogenated alkanes) is 1. The van der Waals surface area contributed by atoms with Crippen LogP contribution in [0.4, 0.5) is 4.39 Å². The highest BCUT2D eigenvalue weighted by atomic mass is 19.1. The molecule has 3 heteroatoms. The number of ether oxygens (including phenoxy) is 1. The number of halogens is 1. The summed E-state index contributed by atoms with van der Waals surface area (Å²) in [5.74, 6) is 0.824. The summed E-state index contributed by atoms with van der Waals surface area (Å²) in [7, 11) is 0. The van der Waals surface area contributed by atoms with E-state index in [-0.39, 0.29) is 6.04 Å². The summed E-state index contributed by atoms with van der Waals surface area (Å²) in [6.07, 6.45) is 8.73. The van der Waals surface area contributed by atoms with Crippen LogP contribution in [0.1, 0.15) is 57.8 Å². The molecule has 1 saturated carbocycles. The first kappa shape index (κ1) is 13.3. The van der Waals surface area contributed by atoms with Gasteiger partial charge in [0.05, 0.1) is 0 Å². The number of nitrogens with two attached hydrogens (primary N) is 1. The van der Waals surface area contributed by atoms with Crippen molar-refractivity contribution >= 4 is 0 Å². The fourth-order valence-electron chi connectivity index (χ4n) is 3.26. The first-order valence-corrected chi connectivity index (χ1v) is 7.20. The van der Waals surface area contributed by atoms with Gasteiger partial charge in [-0.15, -0.1) is 0 Å². The van der Waals surface area contributed by atoms with Crippen molar-refractivity contribution in [2.45, 2.75) is 69.5 Å². The van der Waals surface area contributed by atoms with E-state index in [1.54, 1.807) is 0 Å². The van der Waals surface area contributed by atoms with Gasteiger partial charge in [-0.05, 0) is 44.4 Å². The van der Waals surface area contributed by atoms with E-state index in [1.807, 2.05) is 0 Å². The lowest BCUT2D eigenvalue weighted by Crippen LogP contribution is -2.23. The molecule has 2 N–H and O–H groups in total. The SMILES string of the molecule is NC1CCC(F)(CCCCC2CCOCC2)C1. The topological polar surface area (TPSA) is 35.2 Å². The van der Waals surface area contributed by atoms with Crippen LogP contribution in [-0.2, 0) is 4.74 Å². The Labute approximate surface area is 104 Å². The third-order valence-corrected chi connectivity index (χ3v) is 4.42. The van der Waals surface area contributed by atoms with Gasteiger partial charge in [-0.25, -0.2) is 4.39 Å². The zero-order valence-electron chi connectivity index (χ0n) is 10.8. The monoisotopic (exact) mass is 243 g/mol. The van der Waals surface area contributed by atoms with Gasteiger partial charge in [-0.3, -0.25) is 0 Å². The number of hydrogen-bond donors (Lipinski definition) is 1. The highest BCUT2D eigenvalue weighted by Gasteiger charge is 2.37. The first-order valence-electron chi connectivity index (χ1n) is 7.20. The fourth-order valence-corrected chi connectivity index (χ4v) is 3.26. The average Bonchev–Trinajstić information content (AvgIpc) is 2.67. The zero-order valence-corrected chi connectivity index (χ0v) is 10.8. The van der Waals surface area contributed by atoms with Crippen LogP contribution in [0.15, 0.2) is 0 Å². The van der Waals surface area contributed by atoms with Gasteiger partial charge < -0.3 is 10.5 Å². The predicted molar refractivity (Wildman–Crippen MR) is 67.7 cm³/mol. The molecular weight excluding hydrogens is 217 g/mol. The Kier molecular flexibility index (Phi) is 4.80. The van der Waals surface area contributed by atoms with E-state index in [2.05, 4.69) is 0 Å². The summed E-state index contributed by atoms with van der Waals surface area (Å²) in [5.41, 5.74) is 4.84. The molecule has 0 bridgehead atoms. The Morgan fingerprint density at radius 1 is 1.18 bits per heavy atom. The second-order valence-electron chi connectivity index (χ2n) is 5.96. The standard InChI is InChI=1S/C14H26FNO/c15-14(8-4-13(16)11-14)7-2-1-3-12-5-9-17-10-6-12/h12-13H,1-11,16H2. The van der Waals surface area contributed by atoms with E-state index in [4.69, 9.17) is 10.5 Å². The van der Waals surface area contributed by atoms with Gasteiger partial charge >= 0.3 is 0 Å². The molecule has 2 nitrogen and oxygen atoms in total. The minimum absolute atomic E-state index is 0.107. The van der Waals surface area contributed by atoms with Crippen LogP contribution in [0.5, 0.6) is 0 Å². The molecule has 2 fully saturated rings. The number of rotatable bonds is 5. The summed E-state index contributed by atoms with van der Waals surface area (Å²) >= 11 is 0. The second-order valence-corrected chi connectivity index (χ2v) is 5.96. The van der Waals surface area contributed by atoms with Gasteiger partial charge in [0.15, 0.2) is 0 Å². The lowest BCUT2D eigenvalue weighted by atomic mass is 9.91. The Bertz CT molecular complexity index is 230. The molecule has 2 atom stereocenters. The summed E-state index contributed by atoms with van der Waals surface area (Å²) in [5, 5.41) is 0. The fraction of sp³-hybridized carbons (Fsp3) is 1.00. The molecule has 1 aliphatic carbocycles. The van der Waals surface area contributed by atoms with E-state index in [1.165, 1.54) is 25.7 Å². The van der Waals surface area contributed by atoms with Crippen molar-refractivity contribution in [2.24, 2.45) is 11.7 Å². The minimum atomic E-state index is -0.935. The van der Waals surface area contributed by atoms with E-state index in [0.717, 1.165) is 38.4 Å². The van der Waals surface area contributed by atoms with Crippen LogP contribution >= 0.6 is 0 Å². The molecule has 1 heterocycles. The molecule has 2 rings (SSSR count). The zero-order chi connectivity index (χ0) is 12.1. The second kappa shape index (κ2) is 6.14. The minimum Gasteiger partial charge on any atom is -0.381 e. The molecule has 0 spiro atoms. The summed E-state index contributed by atoms with van der Waals surface area (Å²) in [6.45, 7) is 1.85. The molecule has 2 unspecified atom stereocenters. The summed E-state index contributed by atoms with van der Waals surface area (Å²) in [4.78, 5) is 0. The van der Waals surface area contributed by atoms with Crippen molar-refractivity contribution in [3.8, 4) is 0 Å². The van der Waals surface area contributed by atoms with Gasteiger partial charge in [0.1, 0.15) is 5.67 Å². The van der Waals surface area contributed by atoms with Crippen LogP contribution in [0.3, 0.4) is 0 Å². The smallest absolute Gasteiger partial charge is 0.112 e. The van der Waals surface area contributed by atoms with Crippen molar-refractivity contribution in [3.05, 3.63) is 0 Å². The maximum absolute atomic E-state index is 14.2. The van der Waals surface area contributed by atoms with E-state index < -0.39 is 5.67 Å². The normalized spacial score (nSPS) is 35.3. The van der Waals surface area contributed by atoms with Crippen LogP contribution < -0.4 is 5.73 Å². The number of hydrogen-bond acceptors (Lipinski definition) is 2. The molecule has 1 aliphatic heterocycles. The maximum atomic E-state index is 14.2. The van der Waals surface area contributed by atoms with Gasteiger partial charge in [0.2, 0.25) is 0 Å². The van der Waals surface area contributed by atoms with Crippen molar-refractivity contribution in [3.63, 3.8) is 0 Å². The van der Waals surface area contributed by atoms with E-state index in [9.17, 15) is 4.39 Å². The molecule has 0 radical (unpaired) electrons. The van der Waals surface area contributed by atoms with Crippen molar-refractivity contribution in [1.82, 2.24) is 0 Å². The highest BCUT2D eigenvalue weighted by Crippen LogP contribution is 2.37. The molecule has 0 aromatic carbocycles. The summed E-state index contributed by atoms with van der Waals surface area (Å²) < 4.78 is 19.6. The molecule has 17 heavy (non-hydrogen) atoms. The molecule has 0 amide bonds. The number of alkyl halides is 1. The molecule has 2 aliphatic rings. The third kappa shape index (κ3) is 4.22. The van der Waals surface area contributed by atoms with Gasteiger partial charge in [-0.1, -0.05) is 19.3 Å². The lowest BCUT2D eigenvalue weighted by Gasteiger charge is -2.23. The Hall–Kier alpha value is -0.150. The predicted octanol–water partition coefficient (Wildman–Crippen LogP) is 3.19. The van der Waals surface area contributed by atoms with E-state index in [0.29, 0.717) is 12.8 Å². The molecule has 1 saturated heterocycles. The largest absolute Gasteiger partial charge is 0.381 e. The first-order chi connectivity index (χ1) is 8.18. The van der Waals surface area contributed by atoms with Crippen molar-refractivity contribution in [1.29, 1.82) is 0 Å². The Balaban J connectivity index is 1.56. The summed E-state index contributed by atoms with van der Waals surface area (Å²) in [6, 6.07) is 0.107. The van der Waals surface area contributed by atoms with Gasteiger partial charge in [-0.2, -0.15) is 0 Å². The van der Waals surface area contributed by atoms with Crippen LogP contribution in [0.25, 0.3) is 0 Å². The van der Waals surface area contributed by atoms with Crippen LogP contribution in [-0.4, -0.2) is 24.9 Å². The Morgan fingerprint density at radius 2 is 1.94 bits per heavy atom. The van der Waals surface area contributed by atoms with Gasteiger partial charge in [0.25, 0.3) is 0 Å². The molecule has 0 aromatic heterocycles. The average molecular weight is 243 g/mol. The maximum Gasteiger partial charge on any atom is 0.112 e. The molecule has 0 aromatic rings. The third-order valence-electron chi connectivity index (χ3n) is 4.42. The Morgan fingerprint density at radius 3 is 2.59 bits per heavy atom. The molecular formula is C14H26FNO. The quantitative estimate of drug-likeness (QED) is 0.753. The van der Waals surface area contributed by atoms with Crippen molar-refractivity contribution in [2.75, 3.05) is 13.2 Å². The van der Waals surface area contributed by atoms with Crippen LogP contribution in [0.2, 0.25) is 0 Å². The van der Waals surface area contributed by atoms with Crippen LogP contribution in [0, 0.1) is 5.92 Å².